The van der Waals surface area contributed by atoms with Gasteiger partial charge in [0.25, 0.3) is 5.91 Å². The molecule has 0 bridgehead atoms. The predicted octanol–water partition coefficient (Wildman–Crippen LogP) is 2.71. The van der Waals surface area contributed by atoms with Crippen LogP contribution in [0.3, 0.4) is 0 Å². The van der Waals surface area contributed by atoms with E-state index in [1.807, 2.05) is 0 Å². The van der Waals surface area contributed by atoms with Crippen molar-refractivity contribution in [1.82, 2.24) is 9.88 Å². The number of nitrogens with one attached hydrogen (secondary N) is 1. The number of aromatic nitrogens is 1. The number of amides is 2. The van der Waals surface area contributed by atoms with Crippen molar-refractivity contribution < 1.29 is 14.0 Å². The first-order valence-corrected chi connectivity index (χ1v) is 7.89. The molecule has 2 amide bonds. The maximum absolute atomic E-state index is 13.2. The van der Waals surface area contributed by atoms with E-state index in [0.29, 0.717) is 37.2 Å². The fraction of sp³-hybridized carbons (Fsp3) is 0.278. The first kappa shape index (κ1) is 16.1. The molecule has 1 aliphatic heterocycles. The highest BCUT2D eigenvalue weighted by molar-refractivity contribution is 5.95. The molecular formula is C18H18FN3O2. The summed E-state index contributed by atoms with van der Waals surface area (Å²) in [6.45, 7) is 0.980. The number of nitrogens with zero attached hydrogens (tertiary/aromatic N) is 2. The van der Waals surface area contributed by atoms with Gasteiger partial charge >= 0.3 is 0 Å². The van der Waals surface area contributed by atoms with Crippen LogP contribution in [0.1, 0.15) is 23.2 Å². The van der Waals surface area contributed by atoms with Crippen molar-refractivity contribution in [2.45, 2.75) is 12.8 Å². The summed E-state index contributed by atoms with van der Waals surface area (Å²) in [5.74, 6) is -0.788. The van der Waals surface area contributed by atoms with Crippen LogP contribution in [-0.4, -0.2) is 34.8 Å². The Morgan fingerprint density at radius 2 is 1.83 bits per heavy atom. The molecule has 1 N–H and O–H groups in total. The highest BCUT2D eigenvalue weighted by Crippen LogP contribution is 2.21. The third-order valence-corrected chi connectivity index (χ3v) is 4.17. The molecule has 2 aromatic rings. The van der Waals surface area contributed by atoms with Gasteiger partial charge in [0.15, 0.2) is 0 Å². The molecule has 1 aromatic heterocycles. The van der Waals surface area contributed by atoms with Crippen LogP contribution in [0, 0.1) is 11.7 Å². The van der Waals surface area contributed by atoms with Crippen LogP contribution in [0.15, 0.2) is 48.8 Å². The first-order chi connectivity index (χ1) is 11.6. The summed E-state index contributed by atoms with van der Waals surface area (Å²) in [6.07, 6.45) is 4.43. The zero-order valence-corrected chi connectivity index (χ0v) is 13.1. The lowest BCUT2D eigenvalue weighted by Crippen LogP contribution is -2.41. The maximum atomic E-state index is 13.2. The number of hydrogen-bond acceptors (Lipinski definition) is 3. The van der Waals surface area contributed by atoms with Crippen LogP contribution in [0.5, 0.6) is 0 Å². The fourth-order valence-corrected chi connectivity index (χ4v) is 2.83. The second kappa shape index (κ2) is 7.21. The van der Waals surface area contributed by atoms with E-state index < -0.39 is 5.82 Å². The standard InChI is InChI=1S/C18H18FN3O2/c19-15-3-1-2-14(12-15)18(24)22-10-6-13(7-11-22)17(23)21-16-4-8-20-9-5-16/h1-5,8-9,12-13H,6-7,10-11H2,(H,20,21,23). The number of halogens is 1. The van der Waals surface area contributed by atoms with E-state index in [0.717, 1.165) is 0 Å². The lowest BCUT2D eigenvalue weighted by Gasteiger charge is -2.31. The van der Waals surface area contributed by atoms with Gasteiger partial charge in [0.05, 0.1) is 0 Å². The molecule has 0 atom stereocenters. The number of pyridine rings is 1. The van der Waals surface area contributed by atoms with Crippen molar-refractivity contribution in [3.05, 3.63) is 60.2 Å². The topological polar surface area (TPSA) is 62.3 Å². The largest absolute Gasteiger partial charge is 0.339 e. The normalized spacial score (nSPS) is 15.1. The van der Waals surface area contributed by atoms with Gasteiger partial charge in [0.2, 0.25) is 5.91 Å². The highest BCUT2D eigenvalue weighted by Gasteiger charge is 2.28. The molecule has 1 aliphatic rings. The average Bonchev–Trinajstić information content (AvgIpc) is 2.62. The molecule has 1 aromatic carbocycles. The summed E-state index contributed by atoms with van der Waals surface area (Å²) < 4.78 is 13.2. The predicted molar refractivity (Wildman–Crippen MR) is 87.9 cm³/mol. The Balaban J connectivity index is 1.55. The Labute approximate surface area is 139 Å². The number of likely N-dealkylation sites (tertiary alicyclic amines) is 1. The second-order valence-corrected chi connectivity index (χ2v) is 5.80. The van der Waals surface area contributed by atoms with E-state index in [1.165, 1.54) is 18.2 Å². The summed E-state index contributed by atoms with van der Waals surface area (Å²) in [6, 6.07) is 9.16. The first-order valence-electron chi connectivity index (χ1n) is 7.89. The Morgan fingerprint density at radius 3 is 2.50 bits per heavy atom. The molecule has 124 valence electrons. The zero-order chi connectivity index (χ0) is 16.9. The minimum Gasteiger partial charge on any atom is -0.339 e. The number of anilines is 1. The Bertz CT molecular complexity index is 728. The molecule has 0 radical (unpaired) electrons. The van der Waals surface area contributed by atoms with Gasteiger partial charge in [0.1, 0.15) is 5.82 Å². The minimum absolute atomic E-state index is 0.0425. The number of piperidine rings is 1. The summed E-state index contributed by atoms with van der Waals surface area (Å²) in [7, 11) is 0. The lowest BCUT2D eigenvalue weighted by atomic mass is 9.95. The summed E-state index contributed by atoms with van der Waals surface area (Å²) in [4.78, 5) is 30.2. The van der Waals surface area contributed by atoms with Crippen molar-refractivity contribution in [3.63, 3.8) is 0 Å². The number of carbonyl (C=O) groups is 2. The molecule has 2 heterocycles. The minimum atomic E-state index is -0.424. The zero-order valence-electron chi connectivity index (χ0n) is 13.1. The van der Waals surface area contributed by atoms with Crippen LogP contribution in [0.25, 0.3) is 0 Å². The molecule has 1 fully saturated rings. The fourth-order valence-electron chi connectivity index (χ4n) is 2.83. The number of carbonyl (C=O) groups excluding carboxylic acids is 2. The van der Waals surface area contributed by atoms with Gasteiger partial charge in [0, 0.05) is 42.7 Å². The quantitative estimate of drug-likeness (QED) is 0.943. The molecule has 0 spiro atoms. The molecule has 0 unspecified atom stereocenters. The Morgan fingerprint density at radius 1 is 1.12 bits per heavy atom. The highest BCUT2D eigenvalue weighted by atomic mass is 19.1. The van der Waals surface area contributed by atoms with Crippen LogP contribution in [0.4, 0.5) is 10.1 Å². The molecular weight excluding hydrogens is 309 g/mol. The molecule has 0 saturated carbocycles. The van der Waals surface area contributed by atoms with Crippen molar-refractivity contribution in [1.29, 1.82) is 0 Å². The van der Waals surface area contributed by atoms with Crippen molar-refractivity contribution >= 4 is 17.5 Å². The van der Waals surface area contributed by atoms with Gasteiger partial charge in [-0.1, -0.05) is 6.07 Å². The number of hydrogen-bond donors (Lipinski definition) is 1. The van der Waals surface area contributed by atoms with E-state index in [-0.39, 0.29) is 17.7 Å². The lowest BCUT2D eigenvalue weighted by molar-refractivity contribution is -0.121. The van der Waals surface area contributed by atoms with Gasteiger partial charge in [-0.2, -0.15) is 0 Å². The second-order valence-electron chi connectivity index (χ2n) is 5.80. The van der Waals surface area contributed by atoms with E-state index in [4.69, 9.17) is 0 Å². The van der Waals surface area contributed by atoms with Crippen molar-refractivity contribution in [2.75, 3.05) is 18.4 Å². The van der Waals surface area contributed by atoms with Gasteiger partial charge in [-0.25, -0.2) is 4.39 Å². The van der Waals surface area contributed by atoms with E-state index in [9.17, 15) is 14.0 Å². The summed E-state index contributed by atoms with van der Waals surface area (Å²) in [5.41, 5.74) is 1.06. The van der Waals surface area contributed by atoms with Crippen LogP contribution >= 0.6 is 0 Å². The van der Waals surface area contributed by atoms with Gasteiger partial charge < -0.3 is 10.2 Å². The SMILES string of the molecule is O=C(Nc1ccncc1)C1CCN(C(=O)c2cccc(F)c2)CC1. The molecule has 5 nitrogen and oxygen atoms in total. The third kappa shape index (κ3) is 3.76. The van der Waals surface area contributed by atoms with E-state index in [2.05, 4.69) is 10.3 Å². The van der Waals surface area contributed by atoms with E-state index in [1.54, 1.807) is 35.5 Å². The smallest absolute Gasteiger partial charge is 0.253 e. The summed E-state index contributed by atoms with van der Waals surface area (Å²) >= 11 is 0. The van der Waals surface area contributed by atoms with E-state index >= 15 is 0 Å². The molecule has 24 heavy (non-hydrogen) atoms. The number of benzene rings is 1. The Kier molecular flexibility index (Phi) is 4.84. The third-order valence-electron chi connectivity index (χ3n) is 4.17. The Hall–Kier alpha value is -2.76. The van der Waals surface area contributed by atoms with Gasteiger partial charge in [-0.15, -0.1) is 0 Å². The van der Waals surface area contributed by atoms with Crippen LogP contribution in [0.2, 0.25) is 0 Å². The average molecular weight is 327 g/mol. The molecule has 6 heteroatoms. The maximum Gasteiger partial charge on any atom is 0.253 e. The molecule has 1 saturated heterocycles. The van der Waals surface area contributed by atoms with Gasteiger partial charge in [-0.05, 0) is 43.2 Å². The van der Waals surface area contributed by atoms with Crippen LogP contribution in [-0.2, 0) is 4.79 Å². The monoisotopic (exact) mass is 327 g/mol. The van der Waals surface area contributed by atoms with Crippen LogP contribution < -0.4 is 5.32 Å². The number of rotatable bonds is 3. The van der Waals surface area contributed by atoms with Gasteiger partial charge in [-0.3, -0.25) is 14.6 Å². The molecule has 0 aliphatic carbocycles. The summed E-state index contributed by atoms with van der Waals surface area (Å²) in [5, 5.41) is 2.86. The molecule has 3 rings (SSSR count). The van der Waals surface area contributed by atoms with Crippen molar-refractivity contribution in [3.8, 4) is 0 Å². The van der Waals surface area contributed by atoms with Crippen molar-refractivity contribution in [2.24, 2.45) is 5.92 Å².